The SMILES string of the molecule is Cc1ccc(C(=O)NC(CCCl)C(C)(C)C)cc1C. The fourth-order valence-electron chi connectivity index (χ4n) is 1.96. The maximum Gasteiger partial charge on any atom is 0.251 e. The van der Waals surface area contributed by atoms with E-state index in [-0.39, 0.29) is 17.4 Å². The van der Waals surface area contributed by atoms with Crippen molar-refractivity contribution in [1.82, 2.24) is 5.32 Å². The minimum absolute atomic E-state index is 0.00426. The predicted octanol–water partition coefficient (Wildman–Crippen LogP) is 4.08. The summed E-state index contributed by atoms with van der Waals surface area (Å²) < 4.78 is 0. The van der Waals surface area contributed by atoms with E-state index in [4.69, 9.17) is 11.6 Å². The predicted molar refractivity (Wildman–Crippen MR) is 82.0 cm³/mol. The normalized spacial score (nSPS) is 13.2. The van der Waals surface area contributed by atoms with Crippen LogP contribution in [-0.4, -0.2) is 17.8 Å². The van der Waals surface area contributed by atoms with Gasteiger partial charge in [0, 0.05) is 17.5 Å². The number of aryl methyl sites for hydroxylation is 2. The summed E-state index contributed by atoms with van der Waals surface area (Å²) in [6, 6.07) is 5.88. The molecule has 0 bridgehead atoms. The molecule has 1 rings (SSSR count). The zero-order valence-corrected chi connectivity index (χ0v) is 13.3. The summed E-state index contributed by atoms with van der Waals surface area (Å²) in [4.78, 5) is 12.3. The molecule has 2 nitrogen and oxygen atoms in total. The van der Waals surface area contributed by atoms with Crippen LogP contribution in [0.4, 0.5) is 0 Å². The zero-order chi connectivity index (χ0) is 14.6. The number of carbonyl (C=O) groups excluding carboxylic acids is 1. The maximum absolute atomic E-state index is 12.3. The first kappa shape index (κ1) is 16.0. The maximum atomic E-state index is 12.3. The number of benzene rings is 1. The van der Waals surface area contributed by atoms with Crippen molar-refractivity contribution in [3.8, 4) is 0 Å². The highest BCUT2D eigenvalue weighted by molar-refractivity contribution is 6.17. The molecular formula is C16H24ClNO. The molecule has 1 amide bonds. The van der Waals surface area contributed by atoms with E-state index in [1.807, 2.05) is 32.0 Å². The van der Waals surface area contributed by atoms with E-state index in [0.717, 1.165) is 12.0 Å². The van der Waals surface area contributed by atoms with Crippen LogP contribution in [0.5, 0.6) is 0 Å². The lowest BCUT2D eigenvalue weighted by atomic mass is 9.85. The van der Waals surface area contributed by atoms with E-state index in [0.29, 0.717) is 11.4 Å². The molecule has 1 aromatic rings. The van der Waals surface area contributed by atoms with Gasteiger partial charge in [-0.3, -0.25) is 4.79 Å². The summed E-state index contributed by atoms with van der Waals surface area (Å²) in [5.41, 5.74) is 3.05. The van der Waals surface area contributed by atoms with Crippen molar-refractivity contribution < 1.29 is 4.79 Å². The summed E-state index contributed by atoms with van der Waals surface area (Å²) in [5, 5.41) is 3.10. The molecule has 1 aromatic carbocycles. The first-order valence-electron chi connectivity index (χ1n) is 6.70. The van der Waals surface area contributed by atoms with Crippen molar-refractivity contribution >= 4 is 17.5 Å². The van der Waals surface area contributed by atoms with Gasteiger partial charge in [0.25, 0.3) is 5.91 Å². The number of rotatable bonds is 4. The number of nitrogens with one attached hydrogen (secondary N) is 1. The molecule has 3 heteroatoms. The van der Waals surface area contributed by atoms with Crippen molar-refractivity contribution in [1.29, 1.82) is 0 Å². The van der Waals surface area contributed by atoms with Crippen LogP contribution in [0.1, 0.15) is 48.7 Å². The Bertz CT molecular complexity index is 449. The van der Waals surface area contributed by atoms with E-state index in [2.05, 4.69) is 26.1 Å². The molecule has 0 spiro atoms. The van der Waals surface area contributed by atoms with Crippen molar-refractivity contribution in [3.05, 3.63) is 34.9 Å². The van der Waals surface area contributed by atoms with Gasteiger partial charge in [-0.2, -0.15) is 0 Å². The molecule has 1 unspecified atom stereocenters. The third-order valence-corrected chi connectivity index (χ3v) is 3.74. The Labute approximate surface area is 121 Å². The molecule has 0 radical (unpaired) electrons. The second-order valence-corrected chi connectivity index (χ2v) is 6.55. The Balaban J connectivity index is 2.84. The second-order valence-electron chi connectivity index (χ2n) is 6.17. The molecule has 0 heterocycles. The quantitative estimate of drug-likeness (QED) is 0.828. The second kappa shape index (κ2) is 6.42. The Morgan fingerprint density at radius 1 is 1.26 bits per heavy atom. The minimum atomic E-state index is -0.0202. The number of carbonyl (C=O) groups is 1. The monoisotopic (exact) mass is 281 g/mol. The minimum Gasteiger partial charge on any atom is -0.349 e. The van der Waals surface area contributed by atoms with Crippen LogP contribution in [0.25, 0.3) is 0 Å². The highest BCUT2D eigenvalue weighted by Gasteiger charge is 2.26. The fraction of sp³-hybridized carbons (Fsp3) is 0.562. The van der Waals surface area contributed by atoms with Crippen molar-refractivity contribution in [2.24, 2.45) is 5.41 Å². The highest BCUT2D eigenvalue weighted by atomic mass is 35.5. The number of hydrogen-bond acceptors (Lipinski definition) is 1. The van der Waals surface area contributed by atoms with Gasteiger partial charge in [0.2, 0.25) is 0 Å². The summed E-state index contributed by atoms with van der Waals surface area (Å²) in [6.45, 7) is 10.4. The molecule has 0 aliphatic rings. The first-order valence-corrected chi connectivity index (χ1v) is 7.23. The average molecular weight is 282 g/mol. The van der Waals surface area contributed by atoms with Gasteiger partial charge in [0.1, 0.15) is 0 Å². The third-order valence-electron chi connectivity index (χ3n) is 3.52. The smallest absolute Gasteiger partial charge is 0.251 e. The molecule has 0 aliphatic carbocycles. The zero-order valence-electron chi connectivity index (χ0n) is 12.5. The average Bonchev–Trinajstić information content (AvgIpc) is 2.30. The lowest BCUT2D eigenvalue weighted by Gasteiger charge is -2.31. The Morgan fingerprint density at radius 3 is 2.37 bits per heavy atom. The van der Waals surface area contributed by atoms with E-state index < -0.39 is 0 Å². The molecule has 19 heavy (non-hydrogen) atoms. The van der Waals surface area contributed by atoms with Crippen molar-refractivity contribution in [3.63, 3.8) is 0 Å². The van der Waals surface area contributed by atoms with Crippen molar-refractivity contribution in [2.45, 2.75) is 47.1 Å². The van der Waals surface area contributed by atoms with E-state index in [1.165, 1.54) is 5.56 Å². The molecule has 1 N–H and O–H groups in total. The van der Waals surface area contributed by atoms with Crippen molar-refractivity contribution in [2.75, 3.05) is 5.88 Å². The van der Waals surface area contributed by atoms with Crippen LogP contribution in [0.2, 0.25) is 0 Å². The van der Waals surface area contributed by atoms with Crippen LogP contribution in [0, 0.1) is 19.3 Å². The van der Waals surface area contributed by atoms with Crippen LogP contribution in [0.15, 0.2) is 18.2 Å². The summed E-state index contributed by atoms with van der Waals surface area (Å²) in [5.74, 6) is 0.530. The van der Waals surface area contributed by atoms with Crippen LogP contribution < -0.4 is 5.32 Å². The number of alkyl halides is 1. The largest absolute Gasteiger partial charge is 0.349 e. The van der Waals surface area contributed by atoms with Gasteiger partial charge in [0.05, 0.1) is 0 Å². The molecule has 0 aromatic heterocycles. The van der Waals surface area contributed by atoms with Crippen LogP contribution in [0.3, 0.4) is 0 Å². The van der Waals surface area contributed by atoms with Gasteiger partial charge in [-0.05, 0) is 48.9 Å². The lowest BCUT2D eigenvalue weighted by molar-refractivity contribution is 0.0900. The van der Waals surface area contributed by atoms with E-state index >= 15 is 0 Å². The standard InChI is InChI=1S/C16H24ClNO/c1-11-6-7-13(10-12(11)2)15(19)18-14(8-9-17)16(3,4)5/h6-7,10,14H,8-9H2,1-5H3,(H,18,19). The number of halogens is 1. The lowest BCUT2D eigenvalue weighted by Crippen LogP contribution is -2.44. The van der Waals surface area contributed by atoms with Crippen LogP contribution in [-0.2, 0) is 0 Å². The van der Waals surface area contributed by atoms with Gasteiger partial charge in [-0.1, -0.05) is 26.8 Å². The summed E-state index contributed by atoms with van der Waals surface area (Å²) >= 11 is 5.83. The Morgan fingerprint density at radius 2 is 1.89 bits per heavy atom. The summed E-state index contributed by atoms with van der Waals surface area (Å²) in [7, 11) is 0. The topological polar surface area (TPSA) is 29.1 Å². The van der Waals surface area contributed by atoms with Gasteiger partial charge >= 0.3 is 0 Å². The molecule has 0 fully saturated rings. The van der Waals surface area contributed by atoms with Crippen LogP contribution >= 0.6 is 11.6 Å². The van der Waals surface area contributed by atoms with E-state index in [1.54, 1.807) is 0 Å². The Kier molecular flexibility index (Phi) is 5.42. The van der Waals surface area contributed by atoms with Gasteiger partial charge in [-0.15, -0.1) is 11.6 Å². The number of amides is 1. The highest BCUT2D eigenvalue weighted by Crippen LogP contribution is 2.23. The van der Waals surface area contributed by atoms with E-state index in [9.17, 15) is 4.79 Å². The first-order chi connectivity index (χ1) is 8.75. The van der Waals surface area contributed by atoms with Gasteiger partial charge < -0.3 is 5.32 Å². The van der Waals surface area contributed by atoms with Gasteiger partial charge in [-0.25, -0.2) is 0 Å². The summed E-state index contributed by atoms with van der Waals surface area (Å²) in [6.07, 6.45) is 0.779. The molecule has 0 saturated carbocycles. The number of hydrogen-bond donors (Lipinski definition) is 1. The Hall–Kier alpha value is -1.02. The van der Waals surface area contributed by atoms with Gasteiger partial charge in [0.15, 0.2) is 0 Å². The third kappa shape index (κ3) is 4.54. The molecule has 1 atom stereocenters. The molecular weight excluding hydrogens is 258 g/mol. The molecule has 0 saturated heterocycles. The molecule has 0 aliphatic heterocycles. The molecule has 106 valence electrons. The fourth-order valence-corrected chi connectivity index (χ4v) is 2.17.